The predicted molar refractivity (Wildman–Crippen MR) is 73.0 cm³/mol. The van der Waals surface area contributed by atoms with Gasteiger partial charge in [-0.1, -0.05) is 6.08 Å². The minimum atomic E-state index is -1.36. The van der Waals surface area contributed by atoms with Crippen LogP contribution in [0.5, 0.6) is 0 Å². The number of amides is 1. The minimum absolute atomic E-state index is 0.0162. The largest absolute Gasteiger partial charge is 0.550 e. The Balaban J connectivity index is 2.11. The van der Waals surface area contributed by atoms with E-state index in [1.54, 1.807) is 13.0 Å². The van der Waals surface area contributed by atoms with Gasteiger partial charge in [0.05, 0.1) is 12.7 Å². The maximum Gasteiger partial charge on any atom is 0.332 e. The lowest BCUT2D eigenvalue weighted by Crippen LogP contribution is -2.50. The first-order chi connectivity index (χ1) is 10.4. The van der Waals surface area contributed by atoms with E-state index in [1.807, 2.05) is 0 Å². The standard InChI is InChI=1S/C15H21NO6/c1-3-8-7-15(8,14(21)22-4-2)16-12(18)10-5-9(17)6-11(10)13(19)20/h3,8-11,17H,1,4-7H2,2H3,(H,16,18)(H,19,20)/p-1/t8-,9-,10-,11-,15-/m1/s1. The molecule has 0 radical (unpaired) electrons. The highest BCUT2D eigenvalue weighted by Gasteiger charge is 2.61. The Kier molecular flexibility index (Phi) is 4.55. The molecular weight excluding hydrogens is 290 g/mol. The topological polar surface area (TPSA) is 116 Å². The van der Waals surface area contributed by atoms with Crippen LogP contribution in [0, 0.1) is 17.8 Å². The summed E-state index contributed by atoms with van der Waals surface area (Å²) in [5, 5.41) is 23.3. The second kappa shape index (κ2) is 6.08. The molecule has 0 spiro atoms. The molecule has 0 aromatic rings. The first kappa shape index (κ1) is 16.5. The number of carboxylic acid groups (broad SMARTS) is 1. The Morgan fingerprint density at radius 3 is 2.55 bits per heavy atom. The zero-order valence-electron chi connectivity index (χ0n) is 12.4. The highest BCUT2D eigenvalue weighted by atomic mass is 16.5. The fourth-order valence-electron chi connectivity index (χ4n) is 3.14. The van der Waals surface area contributed by atoms with Crippen molar-refractivity contribution < 1.29 is 29.3 Å². The van der Waals surface area contributed by atoms with Crippen molar-refractivity contribution in [3.63, 3.8) is 0 Å². The summed E-state index contributed by atoms with van der Waals surface area (Å²) in [7, 11) is 0. The van der Waals surface area contributed by atoms with Crippen molar-refractivity contribution in [2.75, 3.05) is 6.61 Å². The number of carboxylic acids is 1. The second-order valence-corrected chi connectivity index (χ2v) is 5.88. The number of rotatable bonds is 6. The van der Waals surface area contributed by atoms with Crippen LogP contribution in [0.15, 0.2) is 12.7 Å². The summed E-state index contributed by atoms with van der Waals surface area (Å²) in [5.74, 6) is -4.66. The summed E-state index contributed by atoms with van der Waals surface area (Å²) in [6.45, 7) is 5.47. The predicted octanol–water partition coefficient (Wildman–Crippen LogP) is -1.25. The van der Waals surface area contributed by atoms with Gasteiger partial charge in [0.1, 0.15) is 5.54 Å². The number of carbonyl (C=O) groups excluding carboxylic acids is 3. The molecule has 122 valence electrons. The quantitative estimate of drug-likeness (QED) is 0.468. The molecule has 2 aliphatic rings. The zero-order valence-corrected chi connectivity index (χ0v) is 12.4. The molecule has 1 amide bonds. The van der Waals surface area contributed by atoms with E-state index < -0.39 is 41.3 Å². The van der Waals surface area contributed by atoms with Crippen LogP contribution in [-0.2, 0) is 19.1 Å². The van der Waals surface area contributed by atoms with Gasteiger partial charge in [0.25, 0.3) is 0 Å². The fraction of sp³-hybridized carbons (Fsp3) is 0.667. The number of aliphatic hydroxyl groups is 1. The summed E-state index contributed by atoms with van der Waals surface area (Å²) in [6.07, 6.45) is 1.12. The smallest absolute Gasteiger partial charge is 0.332 e. The molecule has 0 aromatic carbocycles. The van der Waals surface area contributed by atoms with E-state index in [4.69, 9.17) is 4.74 Å². The second-order valence-electron chi connectivity index (χ2n) is 5.88. The van der Waals surface area contributed by atoms with E-state index in [1.165, 1.54) is 0 Å². The average Bonchev–Trinajstić information content (AvgIpc) is 3.02. The molecule has 22 heavy (non-hydrogen) atoms. The Bertz CT molecular complexity index is 504. The fourth-order valence-corrected chi connectivity index (χ4v) is 3.14. The Morgan fingerprint density at radius 2 is 2.05 bits per heavy atom. The summed E-state index contributed by atoms with van der Waals surface area (Å²) in [4.78, 5) is 35.5. The third-order valence-electron chi connectivity index (χ3n) is 4.46. The van der Waals surface area contributed by atoms with Gasteiger partial charge in [-0.15, -0.1) is 6.58 Å². The molecule has 7 nitrogen and oxygen atoms in total. The number of nitrogens with one attached hydrogen (secondary N) is 1. The zero-order chi connectivity index (χ0) is 16.5. The highest BCUT2D eigenvalue weighted by molar-refractivity contribution is 5.94. The van der Waals surface area contributed by atoms with Gasteiger partial charge in [-0.25, -0.2) is 4.79 Å². The lowest BCUT2D eigenvalue weighted by Gasteiger charge is -2.23. The monoisotopic (exact) mass is 310 g/mol. The van der Waals surface area contributed by atoms with Crippen LogP contribution < -0.4 is 10.4 Å². The molecule has 2 saturated carbocycles. The normalized spacial score (nSPS) is 36.5. The van der Waals surface area contributed by atoms with Gasteiger partial charge in [0.15, 0.2) is 0 Å². The van der Waals surface area contributed by atoms with Crippen LogP contribution in [0.3, 0.4) is 0 Å². The molecular formula is C15H20NO6-. The number of ether oxygens (including phenoxy) is 1. The SMILES string of the molecule is C=C[C@@H]1C[C@]1(NC(=O)[C@@H]1C[C@@H](O)C[C@H]1C(=O)[O-])C(=O)OCC. The van der Waals surface area contributed by atoms with Crippen LogP contribution in [0.25, 0.3) is 0 Å². The molecule has 0 saturated heterocycles. The van der Waals surface area contributed by atoms with Crippen LogP contribution in [0.1, 0.15) is 26.2 Å². The molecule has 0 heterocycles. The molecule has 2 aliphatic carbocycles. The average molecular weight is 310 g/mol. The Labute approximate surface area is 128 Å². The van der Waals surface area contributed by atoms with E-state index >= 15 is 0 Å². The molecule has 2 rings (SSSR count). The van der Waals surface area contributed by atoms with Crippen LogP contribution in [0.2, 0.25) is 0 Å². The van der Waals surface area contributed by atoms with Crippen LogP contribution in [0.4, 0.5) is 0 Å². The first-order valence-corrected chi connectivity index (χ1v) is 7.36. The number of hydrogen-bond acceptors (Lipinski definition) is 6. The van der Waals surface area contributed by atoms with Crippen molar-refractivity contribution in [3.8, 4) is 0 Å². The molecule has 2 fully saturated rings. The number of esters is 1. The molecule has 0 aromatic heterocycles. The van der Waals surface area contributed by atoms with Gasteiger partial charge < -0.3 is 25.1 Å². The van der Waals surface area contributed by atoms with Crippen molar-refractivity contribution >= 4 is 17.8 Å². The Morgan fingerprint density at radius 1 is 1.41 bits per heavy atom. The summed E-state index contributed by atoms with van der Waals surface area (Å²) in [5.41, 5.74) is -1.15. The van der Waals surface area contributed by atoms with E-state index in [2.05, 4.69) is 11.9 Å². The Hall–Kier alpha value is -1.89. The first-order valence-electron chi connectivity index (χ1n) is 7.36. The highest BCUT2D eigenvalue weighted by Crippen LogP contribution is 2.46. The maximum atomic E-state index is 12.4. The van der Waals surface area contributed by atoms with Gasteiger partial charge in [0, 0.05) is 23.7 Å². The molecule has 7 heteroatoms. The summed E-state index contributed by atoms with van der Waals surface area (Å²) >= 11 is 0. The lowest BCUT2D eigenvalue weighted by atomic mass is 9.94. The van der Waals surface area contributed by atoms with Crippen molar-refractivity contribution in [1.82, 2.24) is 5.32 Å². The van der Waals surface area contributed by atoms with Crippen molar-refractivity contribution in [2.24, 2.45) is 17.8 Å². The number of aliphatic hydroxyl groups excluding tert-OH is 1. The van der Waals surface area contributed by atoms with Crippen LogP contribution in [-0.4, -0.2) is 41.2 Å². The molecule has 5 atom stereocenters. The van der Waals surface area contributed by atoms with Gasteiger partial charge in [-0.05, 0) is 26.2 Å². The van der Waals surface area contributed by atoms with Crippen molar-refractivity contribution in [1.29, 1.82) is 0 Å². The number of carbonyl (C=O) groups is 3. The van der Waals surface area contributed by atoms with Crippen LogP contribution >= 0.6 is 0 Å². The molecule has 0 aliphatic heterocycles. The minimum Gasteiger partial charge on any atom is -0.550 e. The number of hydrogen-bond donors (Lipinski definition) is 2. The lowest BCUT2D eigenvalue weighted by molar-refractivity contribution is -0.312. The van der Waals surface area contributed by atoms with Gasteiger partial charge in [-0.3, -0.25) is 4.79 Å². The van der Waals surface area contributed by atoms with E-state index in [9.17, 15) is 24.6 Å². The van der Waals surface area contributed by atoms with E-state index in [-0.39, 0.29) is 25.4 Å². The summed E-state index contributed by atoms with van der Waals surface area (Å²) in [6, 6.07) is 0. The van der Waals surface area contributed by atoms with Gasteiger partial charge in [0.2, 0.25) is 5.91 Å². The van der Waals surface area contributed by atoms with Crippen molar-refractivity contribution in [3.05, 3.63) is 12.7 Å². The van der Waals surface area contributed by atoms with E-state index in [0.29, 0.717) is 6.42 Å². The third-order valence-corrected chi connectivity index (χ3v) is 4.46. The molecule has 0 unspecified atom stereocenters. The van der Waals surface area contributed by atoms with Crippen molar-refractivity contribution in [2.45, 2.75) is 37.8 Å². The molecule has 0 bridgehead atoms. The third kappa shape index (κ3) is 2.85. The maximum absolute atomic E-state index is 12.4. The number of aliphatic carboxylic acids is 1. The van der Waals surface area contributed by atoms with E-state index in [0.717, 1.165) is 0 Å². The van der Waals surface area contributed by atoms with Gasteiger partial charge >= 0.3 is 5.97 Å². The van der Waals surface area contributed by atoms with Gasteiger partial charge in [-0.2, -0.15) is 0 Å². The molecule has 2 N–H and O–H groups in total. The summed E-state index contributed by atoms with van der Waals surface area (Å²) < 4.78 is 4.98.